The Hall–Kier alpha value is -1.12. The molecule has 0 aliphatic heterocycles. The summed E-state index contributed by atoms with van der Waals surface area (Å²) in [6.45, 7) is 2.01. The van der Waals surface area contributed by atoms with Crippen molar-refractivity contribution < 1.29 is 9.90 Å². The Balaban J connectivity index is 2.43. The van der Waals surface area contributed by atoms with Gasteiger partial charge in [-0.1, -0.05) is 36.7 Å². The first-order valence-electron chi connectivity index (χ1n) is 5.83. The fourth-order valence-electron chi connectivity index (χ4n) is 2.23. The van der Waals surface area contributed by atoms with Crippen molar-refractivity contribution in [2.75, 3.05) is 0 Å². The van der Waals surface area contributed by atoms with E-state index in [2.05, 4.69) is 0 Å². The van der Waals surface area contributed by atoms with Crippen molar-refractivity contribution in [1.29, 1.82) is 0 Å². The smallest absolute Gasteiger partial charge is 0.161 e. The standard InChI is InChI=1S/C14H15ClO2/c1-2-9-5-3-7-11(15)13(9)14(17)10-6-4-8-12(10)16/h3,5-7,14,17H,2,4,8H2,1H3. The normalized spacial score (nSPS) is 17.1. The third kappa shape index (κ3) is 2.28. The van der Waals surface area contributed by atoms with Gasteiger partial charge in [0.25, 0.3) is 0 Å². The Morgan fingerprint density at radius 2 is 2.24 bits per heavy atom. The van der Waals surface area contributed by atoms with Crippen molar-refractivity contribution in [1.82, 2.24) is 0 Å². The van der Waals surface area contributed by atoms with Gasteiger partial charge in [-0.25, -0.2) is 0 Å². The van der Waals surface area contributed by atoms with Gasteiger partial charge in [0.1, 0.15) is 6.10 Å². The number of aliphatic hydroxyl groups is 1. The zero-order valence-corrected chi connectivity index (χ0v) is 10.5. The number of carbonyl (C=O) groups excluding carboxylic acids is 1. The molecule has 1 aromatic carbocycles. The van der Waals surface area contributed by atoms with E-state index in [1.165, 1.54) is 0 Å². The SMILES string of the molecule is CCc1cccc(Cl)c1C(O)C1=CCCC1=O. The van der Waals surface area contributed by atoms with Crippen LogP contribution in [0, 0.1) is 0 Å². The van der Waals surface area contributed by atoms with Gasteiger partial charge in [0.15, 0.2) is 5.78 Å². The molecule has 0 saturated carbocycles. The second-order valence-electron chi connectivity index (χ2n) is 4.19. The molecule has 0 bridgehead atoms. The minimum absolute atomic E-state index is 0.0273. The number of aliphatic hydroxyl groups excluding tert-OH is 1. The fraction of sp³-hybridized carbons (Fsp3) is 0.357. The summed E-state index contributed by atoms with van der Waals surface area (Å²) in [5, 5.41) is 10.8. The summed E-state index contributed by atoms with van der Waals surface area (Å²) < 4.78 is 0. The predicted octanol–water partition coefficient (Wildman–Crippen LogP) is 3.23. The quantitative estimate of drug-likeness (QED) is 0.894. The molecule has 0 heterocycles. The van der Waals surface area contributed by atoms with Gasteiger partial charge >= 0.3 is 0 Å². The van der Waals surface area contributed by atoms with Crippen LogP contribution in [-0.2, 0) is 11.2 Å². The molecular formula is C14H15ClO2. The lowest BCUT2D eigenvalue weighted by Gasteiger charge is -2.17. The van der Waals surface area contributed by atoms with Crippen molar-refractivity contribution in [3.8, 4) is 0 Å². The minimum atomic E-state index is -0.881. The topological polar surface area (TPSA) is 37.3 Å². The van der Waals surface area contributed by atoms with Crippen LogP contribution in [0.25, 0.3) is 0 Å². The van der Waals surface area contributed by atoms with Crippen molar-refractivity contribution in [3.05, 3.63) is 46.0 Å². The van der Waals surface area contributed by atoms with Gasteiger partial charge in [-0.05, 0) is 24.5 Å². The summed E-state index contributed by atoms with van der Waals surface area (Å²) in [5.41, 5.74) is 2.16. The summed E-state index contributed by atoms with van der Waals surface area (Å²) in [4.78, 5) is 11.6. The molecule has 1 atom stereocenters. The van der Waals surface area contributed by atoms with Crippen LogP contribution in [0.2, 0.25) is 5.02 Å². The number of rotatable bonds is 3. The predicted molar refractivity (Wildman–Crippen MR) is 68.1 cm³/mol. The molecule has 0 saturated heterocycles. The molecule has 3 heteroatoms. The number of benzene rings is 1. The fourth-order valence-corrected chi connectivity index (χ4v) is 2.53. The summed E-state index contributed by atoms with van der Waals surface area (Å²) in [6.07, 6.45) is 2.94. The van der Waals surface area contributed by atoms with Crippen LogP contribution in [0.15, 0.2) is 29.8 Å². The molecule has 2 nitrogen and oxygen atoms in total. The van der Waals surface area contributed by atoms with E-state index in [1.807, 2.05) is 25.1 Å². The summed E-state index contributed by atoms with van der Waals surface area (Å²) in [5.74, 6) is 0.0273. The highest BCUT2D eigenvalue weighted by Gasteiger charge is 2.26. The van der Waals surface area contributed by atoms with E-state index in [-0.39, 0.29) is 5.78 Å². The second kappa shape index (κ2) is 5.03. The number of Topliss-reactive ketones (excluding diaryl/α,β-unsaturated/α-hetero) is 1. The molecule has 1 aliphatic rings. The second-order valence-corrected chi connectivity index (χ2v) is 4.60. The molecule has 1 aromatic rings. The van der Waals surface area contributed by atoms with E-state index in [1.54, 1.807) is 6.07 Å². The molecule has 0 radical (unpaired) electrons. The highest BCUT2D eigenvalue weighted by molar-refractivity contribution is 6.31. The highest BCUT2D eigenvalue weighted by Crippen LogP contribution is 2.34. The maximum Gasteiger partial charge on any atom is 0.161 e. The third-order valence-electron chi connectivity index (χ3n) is 3.15. The van der Waals surface area contributed by atoms with E-state index < -0.39 is 6.10 Å². The van der Waals surface area contributed by atoms with E-state index in [9.17, 15) is 9.90 Å². The lowest BCUT2D eigenvalue weighted by molar-refractivity contribution is -0.115. The molecule has 1 aliphatic carbocycles. The Morgan fingerprint density at radius 3 is 2.82 bits per heavy atom. The molecule has 1 N–H and O–H groups in total. The highest BCUT2D eigenvalue weighted by atomic mass is 35.5. The van der Waals surface area contributed by atoms with Crippen LogP contribution in [-0.4, -0.2) is 10.9 Å². The third-order valence-corrected chi connectivity index (χ3v) is 3.48. The molecule has 1 unspecified atom stereocenters. The Kier molecular flexibility index (Phi) is 3.65. The van der Waals surface area contributed by atoms with Crippen molar-refractivity contribution >= 4 is 17.4 Å². The average molecular weight is 251 g/mol. The maximum absolute atomic E-state index is 11.6. The number of hydrogen-bond acceptors (Lipinski definition) is 2. The number of allylic oxidation sites excluding steroid dienone is 1. The first-order chi connectivity index (χ1) is 8.15. The van der Waals surface area contributed by atoms with Gasteiger partial charge in [0.05, 0.1) is 0 Å². The molecule has 0 amide bonds. The zero-order valence-electron chi connectivity index (χ0n) is 9.74. The molecule has 2 rings (SSSR count). The lowest BCUT2D eigenvalue weighted by Crippen LogP contribution is -2.10. The van der Waals surface area contributed by atoms with E-state index in [0.717, 1.165) is 18.4 Å². The largest absolute Gasteiger partial charge is 0.383 e. The van der Waals surface area contributed by atoms with E-state index in [0.29, 0.717) is 22.6 Å². The van der Waals surface area contributed by atoms with Crippen molar-refractivity contribution in [2.45, 2.75) is 32.3 Å². The summed E-state index contributed by atoms with van der Waals surface area (Å²) >= 11 is 6.13. The maximum atomic E-state index is 11.6. The van der Waals surface area contributed by atoms with Crippen molar-refractivity contribution in [3.63, 3.8) is 0 Å². The van der Waals surface area contributed by atoms with Crippen molar-refractivity contribution in [2.24, 2.45) is 0 Å². The first-order valence-corrected chi connectivity index (χ1v) is 6.21. The monoisotopic (exact) mass is 250 g/mol. The van der Waals surface area contributed by atoms with Crippen LogP contribution in [0.5, 0.6) is 0 Å². The molecule has 17 heavy (non-hydrogen) atoms. The number of hydrogen-bond donors (Lipinski definition) is 1. The van der Waals surface area contributed by atoms with Gasteiger partial charge in [-0.15, -0.1) is 0 Å². The van der Waals surface area contributed by atoms with Crippen LogP contribution in [0.4, 0.5) is 0 Å². The summed E-state index contributed by atoms with van der Waals surface area (Å²) in [6, 6.07) is 5.55. The Bertz CT molecular complexity index is 477. The van der Waals surface area contributed by atoms with Gasteiger partial charge in [-0.3, -0.25) is 4.79 Å². The Morgan fingerprint density at radius 1 is 1.47 bits per heavy atom. The number of ketones is 1. The van der Waals surface area contributed by atoms with Crippen LogP contribution in [0.1, 0.15) is 37.0 Å². The molecular weight excluding hydrogens is 236 g/mol. The van der Waals surface area contributed by atoms with Gasteiger partial charge < -0.3 is 5.11 Å². The molecule has 0 aromatic heterocycles. The van der Waals surface area contributed by atoms with Gasteiger partial charge in [0, 0.05) is 22.6 Å². The number of carbonyl (C=O) groups is 1. The summed E-state index contributed by atoms with van der Waals surface area (Å²) in [7, 11) is 0. The van der Waals surface area contributed by atoms with E-state index in [4.69, 9.17) is 11.6 Å². The zero-order chi connectivity index (χ0) is 12.4. The van der Waals surface area contributed by atoms with Crippen LogP contribution < -0.4 is 0 Å². The van der Waals surface area contributed by atoms with Crippen LogP contribution in [0.3, 0.4) is 0 Å². The lowest BCUT2D eigenvalue weighted by atomic mass is 9.94. The first kappa shape index (κ1) is 12.3. The van der Waals surface area contributed by atoms with Gasteiger partial charge in [-0.2, -0.15) is 0 Å². The number of halogens is 1. The van der Waals surface area contributed by atoms with Crippen LogP contribution >= 0.6 is 11.6 Å². The van der Waals surface area contributed by atoms with Gasteiger partial charge in [0.2, 0.25) is 0 Å². The Labute approximate surface area is 106 Å². The minimum Gasteiger partial charge on any atom is -0.383 e. The molecule has 0 spiro atoms. The molecule has 90 valence electrons. The molecule has 0 fully saturated rings. The number of aryl methyl sites for hydroxylation is 1. The average Bonchev–Trinajstić information content (AvgIpc) is 2.74. The van der Waals surface area contributed by atoms with E-state index >= 15 is 0 Å².